The van der Waals surface area contributed by atoms with Gasteiger partial charge in [-0.05, 0) is 24.2 Å². The van der Waals surface area contributed by atoms with Crippen LogP contribution in [0.5, 0.6) is 0 Å². The predicted molar refractivity (Wildman–Crippen MR) is 45.9 cm³/mol. The van der Waals surface area contributed by atoms with Crippen molar-refractivity contribution in [2.45, 2.75) is 39.5 Å². The summed E-state index contributed by atoms with van der Waals surface area (Å²) in [6.45, 7) is 4.56. The number of hydrogen-bond acceptors (Lipinski definition) is 1. The van der Waals surface area contributed by atoms with Crippen molar-refractivity contribution >= 4 is 0 Å². The van der Waals surface area contributed by atoms with Crippen molar-refractivity contribution in [3.05, 3.63) is 0 Å². The van der Waals surface area contributed by atoms with Crippen LogP contribution in [0.3, 0.4) is 0 Å². The topological polar surface area (TPSA) is 23.8 Å². The highest BCUT2D eigenvalue weighted by Gasteiger charge is 2.44. The summed E-state index contributed by atoms with van der Waals surface area (Å²) >= 11 is 0. The van der Waals surface area contributed by atoms with Crippen molar-refractivity contribution in [3.8, 4) is 6.07 Å². The quantitative estimate of drug-likeness (QED) is 0.606. The van der Waals surface area contributed by atoms with Crippen LogP contribution in [0.4, 0.5) is 0 Å². The molecule has 0 aromatic heterocycles. The van der Waals surface area contributed by atoms with E-state index in [4.69, 9.17) is 5.26 Å². The molecule has 11 heavy (non-hydrogen) atoms. The van der Waals surface area contributed by atoms with Crippen LogP contribution in [0, 0.1) is 29.1 Å². The van der Waals surface area contributed by atoms with Gasteiger partial charge >= 0.3 is 0 Å². The maximum absolute atomic E-state index is 8.40. The highest BCUT2D eigenvalue weighted by atomic mass is 14.5. The molecule has 1 saturated carbocycles. The van der Waals surface area contributed by atoms with Crippen molar-refractivity contribution < 1.29 is 0 Å². The van der Waals surface area contributed by atoms with Crippen LogP contribution < -0.4 is 0 Å². The molecule has 1 aliphatic rings. The maximum atomic E-state index is 8.40. The highest BCUT2D eigenvalue weighted by molar-refractivity contribution is 4.94. The smallest absolute Gasteiger partial charge is 0.0621 e. The Morgan fingerprint density at radius 2 is 1.91 bits per heavy atom. The van der Waals surface area contributed by atoms with Crippen molar-refractivity contribution in [1.29, 1.82) is 5.26 Å². The van der Waals surface area contributed by atoms with Gasteiger partial charge in [-0.25, -0.2) is 0 Å². The number of rotatable bonds is 4. The van der Waals surface area contributed by atoms with Gasteiger partial charge in [0.05, 0.1) is 6.07 Å². The van der Waals surface area contributed by atoms with Gasteiger partial charge in [-0.1, -0.05) is 26.7 Å². The second-order valence-electron chi connectivity index (χ2n) is 3.67. The molecule has 0 bridgehead atoms. The first-order chi connectivity index (χ1) is 5.31. The lowest BCUT2D eigenvalue weighted by Gasteiger charge is -1.92. The molecule has 0 aromatic carbocycles. The van der Waals surface area contributed by atoms with Gasteiger partial charge in [-0.15, -0.1) is 0 Å². The molecule has 62 valence electrons. The molecule has 0 N–H and O–H groups in total. The van der Waals surface area contributed by atoms with E-state index in [0.717, 1.165) is 30.6 Å². The Balaban J connectivity index is 2.15. The largest absolute Gasteiger partial charge is 0.198 e. The third-order valence-corrected chi connectivity index (χ3v) is 2.97. The van der Waals surface area contributed by atoms with Gasteiger partial charge in [0.25, 0.3) is 0 Å². The molecule has 3 atom stereocenters. The van der Waals surface area contributed by atoms with Crippen molar-refractivity contribution in [2.24, 2.45) is 17.8 Å². The number of nitrogens with zero attached hydrogens (tertiary/aromatic N) is 1. The van der Waals surface area contributed by atoms with Gasteiger partial charge in [0.1, 0.15) is 0 Å². The van der Waals surface area contributed by atoms with Gasteiger partial charge in [-0.3, -0.25) is 0 Å². The summed E-state index contributed by atoms with van der Waals surface area (Å²) in [6, 6.07) is 2.22. The van der Waals surface area contributed by atoms with Crippen LogP contribution in [0.15, 0.2) is 0 Å². The van der Waals surface area contributed by atoms with E-state index in [-0.39, 0.29) is 0 Å². The minimum atomic E-state index is 0.759. The molecule has 0 aliphatic heterocycles. The van der Waals surface area contributed by atoms with E-state index in [9.17, 15) is 0 Å². The van der Waals surface area contributed by atoms with Crippen molar-refractivity contribution in [1.82, 2.24) is 0 Å². The van der Waals surface area contributed by atoms with E-state index in [1.807, 2.05) is 0 Å². The molecule has 0 heterocycles. The fraction of sp³-hybridized carbons (Fsp3) is 0.900. The van der Waals surface area contributed by atoms with E-state index >= 15 is 0 Å². The molecule has 1 aliphatic carbocycles. The van der Waals surface area contributed by atoms with Gasteiger partial charge in [-0.2, -0.15) is 5.26 Å². The summed E-state index contributed by atoms with van der Waals surface area (Å²) in [4.78, 5) is 0. The highest BCUT2D eigenvalue weighted by Crippen LogP contribution is 2.51. The fourth-order valence-corrected chi connectivity index (χ4v) is 2.16. The fourth-order valence-electron chi connectivity index (χ4n) is 2.16. The lowest BCUT2D eigenvalue weighted by Crippen LogP contribution is -1.81. The Morgan fingerprint density at radius 3 is 2.45 bits per heavy atom. The van der Waals surface area contributed by atoms with Crippen LogP contribution >= 0.6 is 0 Å². The Hall–Kier alpha value is -0.510. The molecule has 0 radical (unpaired) electrons. The lowest BCUT2D eigenvalue weighted by atomic mass is 10.1. The average molecular weight is 151 g/mol. The summed E-state index contributed by atoms with van der Waals surface area (Å²) in [5.41, 5.74) is 0. The first-order valence-electron chi connectivity index (χ1n) is 4.68. The molecular weight excluding hydrogens is 134 g/mol. The van der Waals surface area contributed by atoms with E-state index in [1.165, 1.54) is 12.8 Å². The lowest BCUT2D eigenvalue weighted by molar-refractivity contribution is 0.606. The van der Waals surface area contributed by atoms with Gasteiger partial charge in [0.15, 0.2) is 0 Å². The zero-order valence-electron chi connectivity index (χ0n) is 7.51. The maximum Gasteiger partial charge on any atom is 0.0621 e. The Kier molecular flexibility index (Phi) is 2.93. The van der Waals surface area contributed by atoms with Crippen molar-refractivity contribution in [2.75, 3.05) is 0 Å². The van der Waals surface area contributed by atoms with E-state index in [2.05, 4.69) is 19.9 Å². The van der Waals surface area contributed by atoms with E-state index in [1.54, 1.807) is 0 Å². The predicted octanol–water partition coefficient (Wildman–Crippen LogP) is 2.97. The first kappa shape index (κ1) is 8.59. The molecule has 1 heteroatoms. The third-order valence-electron chi connectivity index (χ3n) is 2.97. The summed E-state index contributed by atoms with van der Waals surface area (Å²) in [5, 5.41) is 8.40. The van der Waals surface area contributed by atoms with Crippen LogP contribution in [-0.4, -0.2) is 0 Å². The minimum Gasteiger partial charge on any atom is -0.198 e. The monoisotopic (exact) mass is 151 g/mol. The average Bonchev–Trinajstić information content (AvgIpc) is 2.59. The molecule has 0 aromatic rings. The molecule has 0 spiro atoms. The third kappa shape index (κ3) is 1.96. The van der Waals surface area contributed by atoms with Crippen LogP contribution in [0.25, 0.3) is 0 Å². The normalized spacial score (nSPS) is 34.8. The Morgan fingerprint density at radius 1 is 1.27 bits per heavy atom. The number of nitriles is 1. The van der Waals surface area contributed by atoms with Crippen LogP contribution in [0.2, 0.25) is 0 Å². The molecule has 0 amide bonds. The summed E-state index contributed by atoms with van der Waals surface area (Å²) in [6.07, 6.45) is 4.58. The summed E-state index contributed by atoms with van der Waals surface area (Å²) in [7, 11) is 0. The molecular formula is C10H17N. The van der Waals surface area contributed by atoms with E-state index < -0.39 is 0 Å². The molecule has 3 unspecified atom stereocenters. The van der Waals surface area contributed by atoms with Crippen LogP contribution in [-0.2, 0) is 0 Å². The zero-order chi connectivity index (χ0) is 8.27. The molecule has 1 fully saturated rings. The Labute approximate surface area is 69.4 Å². The standard InChI is InChI=1S/C10H17N/c1-3-5-9-8(2)10(9)6-4-7-11/h8-10H,3-6H2,1-2H3. The number of hydrogen-bond donors (Lipinski definition) is 0. The van der Waals surface area contributed by atoms with Gasteiger partial charge < -0.3 is 0 Å². The first-order valence-corrected chi connectivity index (χ1v) is 4.68. The summed E-state index contributed by atoms with van der Waals surface area (Å²) in [5.74, 6) is 2.74. The summed E-state index contributed by atoms with van der Waals surface area (Å²) < 4.78 is 0. The zero-order valence-corrected chi connectivity index (χ0v) is 7.51. The van der Waals surface area contributed by atoms with Crippen molar-refractivity contribution in [3.63, 3.8) is 0 Å². The minimum absolute atomic E-state index is 0.759. The van der Waals surface area contributed by atoms with Crippen LogP contribution in [0.1, 0.15) is 39.5 Å². The second kappa shape index (κ2) is 3.76. The second-order valence-corrected chi connectivity index (χ2v) is 3.67. The SMILES string of the molecule is CCCC1C(C)C1CCC#N. The molecule has 1 rings (SSSR count). The van der Waals surface area contributed by atoms with E-state index in [0.29, 0.717) is 0 Å². The molecule has 1 nitrogen and oxygen atoms in total. The van der Waals surface area contributed by atoms with Gasteiger partial charge in [0, 0.05) is 6.42 Å². The van der Waals surface area contributed by atoms with Gasteiger partial charge in [0.2, 0.25) is 0 Å². The Bertz CT molecular complexity index is 157. The molecule has 0 saturated heterocycles.